The van der Waals surface area contributed by atoms with Crippen molar-refractivity contribution in [2.75, 3.05) is 14.2 Å². The van der Waals surface area contributed by atoms with E-state index in [9.17, 15) is 5.11 Å². The SMILES string of the molecule is COc1ccc(-c2snc(OC)c2CO)cc1. The number of rotatable bonds is 4. The van der Waals surface area contributed by atoms with Crippen LogP contribution in [0.5, 0.6) is 11.6 Å². The molecule has 2 aromatic rings. The van der Waals surface area contributed by atoms with Crippen molar-refractivity contribution < 1.29 is 14.6 Å². The zero-order valence-corrected chi connectivity index (χ0v) is 10.5. The maximum atomic E-state index is 9.34. The van der Waals surface area contributed by atoms with Crippen LogP contribution in [0.4, 0.5) is 0 Å². The zero-order chi connectivity index (χ0) is 12.3. The van der Waals surface area contributed by atoms with Gasteiger partial charge in [-0.25, -0.2) is 0 Å². The zero-order valence-electron chi connectivity index (χ0n) is 9.64. The van der Waals surface area contributed by atoms with E-state index in [4.69, 9.17) is 9.47 Å². The summed E-state index contributed by atoms with van der Waals surface area (Å²) in [5.74, 6) is 1.29. The van der Waals surface area contributed by atoms with Gasteiger partial charge in [-0.3, -0.25) is 0 Å². The summed E-state index contributed by atoms with van der Waals surface area (Å²) >= 11 is 1.32. The first-order valence-corrected chi connectivity index (χ1v) is 5.85. The molecule has 0 aliphatic heterocycles. The Morgan fingerprint density at radius 2 is 1.88 bits per heavy atom. The molecular weight excluding hydrogens is 238 g/mol. The van der Waals surface area contributed by atoms with E-state index in [1.54, 1.807) is 14.2 Å². The van der Waals surface area contributed by atoms with E-state index in [0.717, 1.165) is 21.8 Å². The third kappa shape index (κ3) is 2.25. The fourth-order valence-corrected chi connectivity index (χ4v) is 2.43. The van der Waals surface area contributed by atoms with Crippen LogP contribution in [0.1, 0.15) is 5.56 Å². The molecule has 0 atom stereocenters. The fourth-order valence-electron chi connectivity index (χ4n) is 1.56. The quantitative estimate of drug-likeness (QED) is 0.906. The molecule has 5 heteroatoms. The van der Waals surface area contributed by atoms with Crippen LogP contribution < -0.4 is 9.47 Å². The smallest absolute Gasteiger partial charge is 0.231 e. The van der Waals surface area contributed by atoms with Gasteiger partial charge in [-0.1, -0.05) is 0 Å². The predicted molar refractivity (Wildman–Crippen MR) is 66.6 cm³/mol. The van der Waals surface area contributed by atoms with Gasteiger partial charge in [0.15, 0.2) is 0 Å². The Morgan fingerprint density at radius 3 is 2.41 bits per heavy atom. The normalized spacial score (nSPS) is 10.3. The van der Waals surface area contributed by atoms with Crippen molar-refractivity contribution in [3.63, 3.8) is 0 Å². The highest BCUT2D eigenvalue weighted by Gasteiger charge is 2.14. The van der Waals surface area contributed by atoms with Gasteiger partial charge in [0.25, 0.3) is 0 Å². The molecular formula is C12H13NO3S. The standard InChI is InChI=1S/C12H13NO3S/c1-15-9-5-3-8(4-6-9)11-10(7-14)12(16-2)13-17-11/h3-6,14H,7H2,1-2H3. The first kappa shape index (κ1) is 11.9. The lowest BCUT2D eigenvalue weighted by Crippen LogP contribution is -1.90. The van der Waals surface area contributed by atoms with Gasteiger partial charge in [0.1, 0.15) is 5.75 Å². The highest BCUT2D eigenvalue weighted by atomic mass is 32.1. The van der Waals surface area contributed by atoms with Crippen LogP contribution in [0, 0.1) is 0 Å². The summed E-state index contributed by atoms with van der Waals surface area (Å²) in [5, 5.41) is 9.34. The van der Waals surface area contributed by atoms with Crippen LogP contribution in [0.2, 0.25) is 0 Å². The maximum Gasteiger partial charge on any atom is 0.231 e. The Balaban J connectivity index is 2.41. The van der Waals surface area contributed by atoms with Crippen LogP contribution in [-0.4, -0.2) is 23.7 Å². The molecule has 4 nitrogen and oxygen atoms in total. The van der Waals surface area contributed by atoms with E-state index in [-0.39, 0.29) is 6.61 Å². The average Bonchev–Trinajstić information content (AvgIpc) is 2.81. The summed E-state index contributed by atoms with van der Waals surface area (Å²) < 4.78 is 14.4. The summed E-state index contributed by atoms with van der Waals surface area (Å²) in [6, 6.07) is 7.63. The Bertz CT molecular complexity index is 493. The summed E-state index contributed by atoms with van der Waals surface area (Å²) in [4.78, 5) is 0.923. The van der Waals surface area contributed by atoms with Gasteiger partial charge >= 0.3 is 0 Å². The molecule has 1 N–H and O–H groups in total. The summed E-state index contributed by atoms with van der Waals surface area (Å²) in [6.45, 7) is -0.0823. The second-order valence-corrected chi connectivity index (χ2v) is 4.16. The number of hydrogen-bond donors (Lipinski definition) is 1. The van der Waals surface area contributed by atoms with Crippen LogP contribution in [0.3, 0.4) is 0 Å². The molecule has 0 amide bonds. The minimum atomic E-state index is -0.0823. The van der Waals surface area contributed by atoms with E-state index in [1.807, 2.05) is 24.3 Å². The van der Waals surface area contributed by atoms with Gasteiger partial charge < -0.3 is 14.6 Å². The molecule has 0 bridgehead atoms. The number of hydrogen-bond acceptors (Lipinski definition) is 5. The molecule has 0 radical (unpaired) electrons. The molecule has 0 spiro atoms. The molecule has 0 aliphatic rings. The highest BCUT2D eigenvalue weighted by molar-refractivity contribution is 7.10. The summed E-state index contributed by atoms with van der Waals surface area (Å²) in [7, 11) is 3.18. The van der Waals surface area contributed by atoms with Crippen molar-refractivity contribution in [2.45, 2.75) is 6.61 Å². The van der Waals surface area contributed by atoms with Crippen molar-refractivity contribution in [1.29, 1.82) is 0 Å². The Hall–Kier alpha value is -1.59. The van der Waals surface area contributed by atoms with Crippen LogP contribution in [0.15, 0.2) is 24.3 Å². The number of nitrogens with zero attached hydrogens (tertiary/aromatic N) is 1. The molecule has 0 saturated carbocycles. The lowest BCUT2D eigenvalue weighted by atomic mass is 10.1. The van der Waals surface area contributed by atoms with Crippen LogP contribution >= 0.6 is 11.5 Å². The molecule has 1 aromatic carbocycles. The monoisotopic (exact) mass is 251 g/mol. The minimum Gasteiger partial charge on any atom is -0.497 e. The molecule has 2 rings (SSSR count). The van der Waals surface area contributed by atoms with E-state index in [2.05, 4.69) is 4.37 Å². The largest absolute Gasteiger partial charge is 0.497 e. The summed E-state index contributed by atoms with van der Waals surface area (Å²) in [5.41, 5.74) is 1.72. The molecule has 90 valence electrons. The maximum absolute atomic E-state index is 9.34. The van der Waals surface area contributed by atoms with Crippen molar-refractivity contribution in [2.24, 2.45) is 0 Å². The number of aromatic nitrogens is 1. The van der Waals surface area contributed by atoms with Gasteiger partial charge in [-0.05, 0) is 41.4 Å². The number of benzene rings is 1. The molecule has 0 aliphatic carbocycles. The number of ether oxygens (including phenoxy) is 2. The fraction of sp³-hybridized carbons (Fsp3) is 0.250. The van der Waals surface area contributed by atoms with Gasteiger partial charge in [-0.15, -0.1) is 0 Å². The van der Waals surface area contributed by atoms with Crippen LogP contribution in [-0.2, 0) is 6.61 Å². The predicted octanol–water partition coefficient (Wildman–Crippen LogP) is 2.32. The first-order valence-electron chi connectivity index (χ1n) is 5.08. The number of methoxy groups -OCH3 is 2. The molecule has 0 unspecified atom stereocenters. The highest BCUT2D eigenvalue weighted by Crippen LogP contribution is 2.35. The van der Waals surface area contributed by atoms with Gasteiger partial charge in [0.05, 0.1) is 31.3 Å². The molecule has 1 heterocycles. The van der Waals surface area contributed by atoms with E-state index in [0.29, 0.717) is 5.88 Å². The molecule has 0 fully saturated rings. The Morgan fingerprint density at radius 1 is 1.18 bits per heavy atom. The van der Waals surface area contributed by atoms with E-state index >= 15 is 0 Å². The van der Waals surface area contributed by atoms with Crippen molar-refractivity contribution in [1.82, 2.24) is 4.37 Å². The lowest BCUT2D eigenvalue weighted by molar-refractivity contribution is 0.273. The molecule has 0 saturated heterocycles. The third-order valence-corrected chi connectivity index (χ3v) is 3.38. The minimum absolute atomic E-state index is 0.0823. The summed E-state index contributed by atoms with van der Waals surface area (Å²) in [6.07, 6.45) is 0. The van der Waals surface area contributed by atoms with Gasteiger partial charge in [-0.2, -0.15) is 4.37 Å². The van der Waals surface area contributed by atoms with Crippen molar-refractivity contribution in [3.05, 3.63) is 29.8 Å². The second-order valence-electron chi connectivity index (χ2n) is 3.39. The Kier molecular flexibility index (Phi) is 3.61. The van der Waals surface area contributed by atoms with Crippen LogP contribution in [0.25, 0.3) is 10.4 Å². The first-order chi connectivity index (χ1) is 8.30. The van der Waals surface area contributed by atoms with Crippen molar-refractivity contribution >= 4 is 11.5 Å². The molecule has 1 aromatic heterocycles. The van der Waals surface area contributed by atoms with E-state index in [1.165, 1.54) is 11.5 Å². The second kappa shape index (κ2) is 5.16. The van der Waals surface area contributed by atoms with Gasteiger partial charge in [0, 0.05) is 0 Å². The lowest BCUT2D eigenvalue weighted by Gasteiger charge is -2.03. The number of aliphatic hydroxyl groups excluding tert-OH is 1. The topological polar surface area (TPSA) is 51.6 Å². The van der Waals surface area contributed by atoms with Crippen molar-refractivity contribution in [3.8, 4) is 22.1 Å². The van der Waals surface area contributed by atoms with Gasteiger partial charge in [0.2, 0.25) is 5.88 Å². The average molecular weight is 251 g/mol. The Labute approximate surface area is 104 Å². The molecule has 17 heavy (non-hydrogen) atoms. The third-order valence-electron chi connectivity index (χ3n) is 2.46. The number of aliphatic hydroxyl groups is 1. The van der Waals surface area contributed by atoms with E-state index < -0.39 is 0 Å².